The van der Waals surface area contributed by atoms with Gasteiger partial charge in [0.2, 0.25) is 5.91 Å². The van der Waals surface area contributed by atoms with E-state index >= 15 is 0 Å². The molecule has 0 saturated carbocycles. The molecule has 108 valence electrons. The monoisotopic (exact) mass is 303 g/mol. The van der Waals surface area contributed by atoms with Crippen LogP contribution >= 0.6 is 11.6 Å². The van der Waals surface area contributed by atoms with Gasteiger partial charge in [-0.25, -0.2) is 0 Å². The summed E-state index contributed by atoms with van der Waals surface area (Å²) in [4.78, 5) is 23.3. The molecule has 5 nitrogen and oxygen atoms in total. The molecule has 0 aromatic heterocycles. The maximum absolute atomic E-state index is 12.2. The topological polar surface area (TPSA) is 84.2 Å². The van der Waals surface area contributed by atoms with Crippen molar-refractivity contribution >= 4 is 34.8 Å². The van der Waals surface area contributed by atoms with Crippen LogP contribution in [0.3, 0.4) is 0 Å². The van der Waals surface area contributed by atoms with Crippen molar-refractivity contribution in [1.82, 2.24) is 0 Å². The molecule has 2 aromatic rings. The molecule has 0 aliphatic rings. The number of carbonyl (C=O) groups is 2. The van der Waals surface area contributed by atoms with Gasteiger partial charge in [-0.1, -0.05) is 23.7 Å². The second kappa shape index (κ2) is 6.28. The van der Waals surface area contributed by atoms with Crippen molar-refractivity contribution in [1.29, 1.82) is 0 Å². The van der Waals surface area contributed by atoms with E-state index in [1.165, 1.54) is 12.1 Å². The van der Waals surface area contributed by atoms with Crippen LogP contribution in [0.15, 0.2) is 42.5 Å². The Morgan fingerprint density at radius 1 is 1.10 bits per heavy atom. The number of hydrogen-bond acceptors (Lipinski definition) is 3. The lowest BCUT2D eigenvalue weighted by atomic mass is 10.1. The van der Waals surface area contributed by atoms with Crippen molar-refractivity contribution in [2.75, 3.05) is 17.7 Å². The van der Waals surface area contributed by atoms with Crippen LogP contribution in [0.2, 0.25) is 5.02 Å². The maximum atomic E-state index is 12.2. The Bertz CT molecular complexity index is 701. The van der Waals surface area contributed by atoms with Gasteiger partial charge in [0.1, 0.15) is 0 Å². The zero-order valence-corrected chi connectivity index (χ0v) is 12.1. The summed E-state index contributed by atoms with van der Waals surface area (Å²) in [6, 6.07) is 11.7. The van der Waals surface area contributed by atoms with E-state index in [2.05, 4.69) is 10.6 Å². The smallest absolute Gasteiger partial charge is 0.257 e. The normalized spacial score (nSPS) is 10.0. The Labute approximate surface area is 127 Å². The second-order valence-electron chi connectivity index (χ2n) is 4.31. The third-order valence-electron chi connectivity index (χ3n) is 2.93. The molecule has 6 heteroatoms. The molecule has 4 N–H and O–H groups in total. The summed E-state index contributed by atoms with van der Waals surface area (Å²) >= 11 is 5.95. The number of carbonyl (C=O) groups excluding carboxylic acids is 2. The van der Waals surface area contributed by atoms with Crippen molar-refractivity contribution < 1.29 is 9.59 Å². The SMILES string of the molecule is CNc1ccccc1C(=O)Nc1ccc(C(N)=O)c(Cl)c1. The van der Waals surface area contributed by atoms with E-state index in [1.54, 1.807) is 31.3 Å². The Morgan fingerprint density at radius 2 is 1.81 bits per heavy atom. The van der Waals surface area contributed by atoms with Crippen LogP contribution < -0.4 is 16.4 Å². The first-order valence-electron chi connectivity index (χ1n) is 6.20. The van der Waals surface area contributed by atoms with Gasteiger partial charge in [0, 0.05) is 18.4 Å². The number of nitrogens with one attached hydrogen (secondary N) is 2. The Morgan fingerprint density at radius 3 is 2.43 bits per heavy atom. The lowest BCUT2D eigenvalue weighted by Crippen LogP contribution is -2.15. The van der Waals surface area contributed by atoms with Gasteiger partial charge >= 0.3 is 0 Å². The molecule has 2 rings (SSSR count). The molecular weight excluding hydrogens is 290 g/mol. The fourth-order valence-electron chi connectivity index (χ4n) is 1.89. The molecule has 2 aromatic carbocycles. The Hall–Kier alpha value is -2.53. The van der Waals surface area contributed by atoms with Crippen LogP contribution in [0.5, 0.6) is 0 Å². The van der Waals surface area contributed by atoms with Crippen molar-refractivity contribution in [3.63, 3.8) is 0 Å². The highest BCUT2D eigenvalue weighted by molar-refractivity contribution is 6.34. The molecule has 0 bridgehead atoms. The van der Waals surface area contributed by atoms with Crippen LogP contribution in [0.4, 0.5) is 11.4 Å². The lowest BCUT2D eigenvalue weighted by molar-refractivity contribution is 0.0998. The molecular formula is C15H14ClN3O2. The summed E-state index contributed by atoms with van der Waals surface area (Å²) in [5, 5.41) is 5.87. The van der Waals surface area contributed by atoms with Crippen molar-refractivity contribution in [3.8, 4) is 0 Å². The number of nitrogens with two attached hydrogens (primary N) is 1. The van der Waals surface area contributed by atoms with Crippen molar-refractivity contribution in [3.05, 3.63) is 58.6 Å². The fourth-order valence-corrected chi connectivity index (χ4v) is 2.16. The Balaban J connectivity index is 2.24. The first kappa shape index (κ1) is 14.9. The summed E-state index contributed by atoms with van der Waals surface area (Å²) in [6.07, 6.45) is 0. The van der Waals surface area contributed by atoms with E-state index in [4.69, 9.17) is 17.3 Å². The summed E-state index contributed by atoms with van der Waals surface area (Å²) in [6.45, 7) is 0. The second-order valence-corrected chi connectivity index (χ2v) is 4.72. The molecule has 0 spiro atoms. The van der Waals surface area contributed by atoms with E-state index in [9.17, 15) is 9.59 Å². The number of halogens is 1. The highest BCUT2D eigenvalue weighted by atomic mass is 35.5. The zero-order chi connectivity index (χ0) is 15.4. The maximum Gasteiger partial charge on any atom is 0.257 e. The Kier molecular flexibility index (Phi) is 4.45. The van der Waals surface area contributed by atoms with Gasteiger partial charge in [-0.15, -0.1) is 0 Å². The average molecular weight is 304 g/mol. The van der Waals surface area contributed by atoms with Crippen LogP contribution in [-0.2, 0) is 0 Å². The molecule has 0 aliphatic heterocycles. The van der Waals surface area contributed by atoms with Crippen LogP contribution in [0.25, 0.3) is 0 Å². The van der Waals surface area contributed by atoms with Crippen molar-refractivity contribution in [2.24, 2.45) is 5.73 Å². The largest absolute Gasteiger partial charge is 0.387 e. The number of anilines is 2. The van der Waals surface area contributed by atoms with E-state index in [0.29, 0.717) is 11.3 Å². The van der Waals surface area contributed by atoms with Gasteiger partial charge in [-0.3, -0.25) is 9.59 Å². The van der Waals surface area contributed by atoms with Gasteiger partial charge in [0.25, 0.3) is 5.91 Å². The quantitative estimate of drug-likeness (QED) is 0.812. The zero-order valence-electron chi connectivity index (χ0n) is 11.3. The third-order valence-corrected chi connectivity index (χ3v) is 3.25. The molecule has 2 amide bonds. The number of hydrogen-bond donors (Lipinski definition) is 3. The number of benzene rings is 2. The molecule has 21 heavy (non-hydrogen) atoms. The molecule has 0 heterocycles. The molecule has 0 saturated heterocycles. The molecule has 0 aliphatic carbocycles. The van der Waals surface area contributed by atoms with Crippen LogP contribution in [-0.4, -0.2) is 18.9 Å². The third kappa shape index (κ3) is 3.32. The summed E-state index contributed by atoms with van der Waals surface area (Å²) in [7, 11) is 1.74. The number of para-hydroxylation sites is 1. The van der Waals surface area contributed by atoms with Crippen LogP contribution in [0.1, 0.15) is 20.7 Å². The molecule has 0 fully saturated rings. The molecule has 0 unspecified atom stereocenters. The number of rotatable bonds is 4. The summed E-state index contributed by atoms with van der Waals surface area (Å²) < 4.78 is 0. The van der Waals surface area contributed by atoms with Gasteiger partial charge in [-0.05, 0) is 30.3 Å². The van der Waals surface area contributed by atoms with E-state index in [-0.39, 0.29) is 16.5 Å². The predicted octanol–water partition coefficient (Wildman–Crippen LogP) is 2.73. The van der Waals surface area contributed by atoms with Gasteiger partial charge in [0.15, 0.2) is 0 Å². The van der Waals surface area contributed by atoms with E-state index < -0.39 is 5.91 Å². The number of primary amides is 1. The highest BCUT2D eigenvalue weighted by Gasteiger charge is 2.12. The van der Waals surface area contributed by atoms with Gasteiger partial charge in [-0.2, -0.15) is 0 Å². The minimum atomic E-state index is -0.613. The van der Waals surface area contributed by atoms with Gasteiger partial charge < -0.3 is 16.4 Å². The first-order valence-corrected chi connectivity index (χ1v) is 6.58. The van der Waals surface area contributed by atoms with Crippen LogP contribution in [0, 0.1) is 0 Å². The fraction of sp³-hybridized carbons (Fsp3) is 0.0667. The minimum absolute atomic E-state index is 0.196. The number of amides is 2. The first-order chi connectivity index (χ1) is 10.0. The summed E-state index contributed by atoms with van der Waals surface area (Å²) in [5.74, 6) is -0.888. The van der Waals surface area contributed by atoms with Gasteiger partial charge in [0.05, 0.1) is 16.1 Å². The highest BCUT2D eigenvalue weighted by Crippen LogP contribution is 2.22. The van der Waals surface area contributed by atoms with E-state index in [0.717, 1.165) is 5.69 Å². The average Bonchev–Trinajstić information content (AvgIpc) is 2.46. The van der Waals surface area contributed by atoms with E-state index in [1.807, 2.05) is 6.07 Å². The predicted molar refractivity (Wildman–Crippen MR) is 83.9 cm³/mol. The summed E-state index contributed by atoms with van der Waals surface area (Å²) in [5.41, 5.74) is 7.10. The molecule has 0 atom stereocenters. The lowest BCUT2D eigenvalue weighted by Gasteiger charge is -2.10. The standard InChI is InChI=1S/C15H14ClN3O2/c1-18-13-5-3-2-4-11(13)15(21)19-9-6-7-10(14(17)20)12(16)8-9/h2-8,18H,1H3,(H2,17,20)(H,19,21). The van der Waals surface area contributed by atoms with Crippen molar-refractivity contribution in [2.45, 2.75) is 0 Å². The minimum Gasteiger partial charge on any atom is -0.387 e. The molecule has 0 radical (unpaired) electrons.